The monoisotopic (exact) mass is 294 g/mol. The molecule has 4 aliphatic carbocycles. The molecule has 4 rings (SSSR count). The second kappa shape index (κ2) is 4.57. The average Bonchev–Trinajstić information content (AvgIpc) is 2.83. The van der Waals surface area contributed by atoms with Crippen LogP contribution in [0.1, 0.15) is 74.3 Å². The zero-order chi connectivity index (χ0) is 16.6. The summed E-state index contributed by atoms with van der Waals surface area (Å²) in [7, 11) is 0. The van der Waals surface area contributed by atoms with Crippen molar-refractivity contribution in [3.63, 3.8) is 0 Å². The summed E-state index contributed by atoms with van der Waals surface area (Å²) < 4.78 is 16.9. The van der Waals surface area contributed by atoms with E-state index in [4.69, 9.17) is 2.74 Å². The van der Waals surface area contributed by atoms with Crippen molar-refractivity contribution in [1.29, 1.82) is 0 Å². The zero-order valence-electron chi connectivity index (χ0n) is 15.3. The molecular formula is C19H30O2. The molecule has 2 heteroatoms. The molecule has 0 saturated heterocycles. The zero-order valence-corrected chi connectivity index (χ0v) is 13.3. The van der Waals surface area contributed by atoms with Gasteiger partial charge in [0.1, 0.15) is 5.78 Å². The van der Waals surface area contributed by atoms with Crippen LogP contribution < -0.4 is 0 Å². The van der Waals surface area contributed by atoms with Gasteiger partial charge in [-0.3, -0.25) is 4.79 Å². The third-order valence-corrected chi connectivity index (χ3v) is 7.99. The second-order valence-corrected chi connectivity index (χ2v) is 8.66. The van der Waals surface area contributed by atoms with Gasteiger partial charge in [-0.25, -0.2) is 0 Å². The Kier molecular flexibility index (Phi) is 2.63. The van der Waals surface area contributed by atoms with Crippen LogP contribution in [0, 0.1) is 34.5 Å². The first-order valence-electron chi connectivity index (χ1n) is 10.0. The predicted octanol–water partition coefficient (Wildman–Crippen LogP) is 3.96. The molecule has 0 aromatic carbocycles. The van der Waals surface area contributed by atoms with Crippen LogP contribution in [0.25, 0.3) is 0 Å². The van der Waals surface area contributed by atoms with Crippen LogP contribution in [0.5, 0.6) is 0 Å². The molecule has 0 aromatic rings. The van der Waals surface area contributed by atoms with Gasteiger partial charge in [0, 0.05) is 15.6 Å². The topological polar surface area (TPSA) is 37.3 Å². The van der Waals surface area contributed by atoms with Crippen molar-refractivity contribution in [2.75, 3.05) is 0 Å². The molecule has 0 aromatic heterocycles. The summed E-state index contributed by atoms with van der Waals surface area (Å²) >= 11 is 0. The third kappa shape index (κ3) is 1.84. The van der Waals surface area contributed by atoms with E-state index in [0.717, 1.165) is 38.5 Å². The fourth-order valence-electron chi connectivity index (χ4n) is 6.61. The minimum atomic E-state index is -0.850. The normalized spacial score (nSPS) is 64.9. The Morgan fingerprint density at radius 2 is 1.86 bits per heavy atom. The van der Waals surface area contributed by atoms with Gasteiger partial charge < -0.3 is 5.11 Å². The number of rotatable bonds is 0. The highest BCUT2D eigenvalue weighted by atomic mass is 16.3. The van der Waals surface area contributed by atoms with Gasteiger partial charge in [0.15, 0.2) is 0 Å². The molecule has 0 amide bonds. The number of carbonyl (C=O) groups is 1. The lowest BCUT2D eigenvalue weighted by Gasteiger charge is -2.60. The minimum absolute atomic E-state index is 0.0112. The van der Waals surface area contributed by atoms with Gasteiger partial charge in [-0.05, 0) is 79.4 Å². The number of ketones is 1. The van der Waals surface area contributed by atoms with Gasteiger partial charge in [0.2, 0.25) is 0 Å². The van der Waals surface area contributed by atoms with Crippen LogP contribution in [0.4, 0.5) is 0 Å². The van der Waals surface area contributed by atoms with Gasteiger partial charge in [-0.15, -0.1) is 0 Å². The highest BCUT2D eigenvalue weighted by Gasteiger charge is 2.59. The van der Waals surface area contributed by atoms with Gasteiger partial charge in [0.25, 0.3) is 0 Å². The van der Waals surface area contributed by atoms with E-state index in [1.165, 1.54) is 0 Å². The fourth-order valence-corrected chi connectivity index (χ4v) is 6.61. The maximum absolute atomic E-state index is 12.1. The lowest BCUT2D eigenvalue weighted by molar-refractivity contribution is -0.141. The van der Waals surface area contributed by atoms with E-state index >= 15 is 0 Å². The maximum atomic E-state index is 12.1. The predicted molar refractivity (Wildman–Crippen MR) is 82.7 cm³/mol. The molecule has 4 saturated carbocycles. The molecule has 2 unspecified atom stereocenters. The van der Waals surface area contributed by atoms with E-state index in [1.807, 2.05) is 0 Å². The van der Waals surface area contributed by atoms with Crippen molar-refractivity contribution in [3.8, 4) is 0 Å². The quantitative estimate of drug-likeness (QED) is 0.734. The molecule has 4 aliphatic rings. The van der Waals surface area contributed by atoms with Crippen LogP contribution in [-0.4, -0.2) is 17.0 Å². The summed E-state index contributed by atoms with van der Waals surface area (Å²) in [5, 5.41) is 10.5. The van der Waals surface area contributed by atoms with Crippen molar-refractivity contribution in [3.05, 3.63) is 0 Å². The molecule has 4 fully saturated rings. The molecule has 2 nitrogen and oxygen atoms in total. The second-order valence-electron chi connectivity index (χ2n) is 8.66. The van der Waals surface area contributed by atoms with E-state index in [-0.39, 0.29) is 22.7 Å². The highest BCUT2D eigenvalue weighted by Crippen LogP contribution is 2.65. The first-order valence-corrected chi connectivity index (χ1v) is 8.85. The number of aliphatic hydroxyl groups is 1. The average molecular weight is 294 g/mol. The highest BCUT2D eigenvalue weighted by molar-refractivity contribution is 5.79. The summed E-state index contributed by atoms with van der Waals surface area (Å²) in [4.78, 5) is 12.1. The molecule has 0 bridgehead atoms. The van der Waals surface area contributed by atoms with Crippen molar-refractivity contribution in [2.24, 2.45) is 34.5 Å². The first kappa shape index (κ1) is 12.1. The van der Waals surface area contributed by atoms with Gasteiger partial charge >= 0.3 is 0 Å². The number of hydrogen-bond acceptors (Lipinski definition) is 2. The van der Waals surface area contributed by atoms with Crippen LogP contribution in [0.3, 0.4) is 0 Å². The van der Waals surface area contributed by atoms with Crippen LogP contribution in [0.2, 0.25) is 0 Å². The van der Waals surface area contributed by atoms with E-state index in [1.54, 1.807) is 0 Å². The SMILES string of the molecule is [3H]C1C(=O)C[C@@H]2CC[C@H]3[C@@H]4CC[C@H](O)[C@@]4(C)CC[C@@H]3[C@@]2(C)C1[3H]. The van der Waals surface area contributed by atoms with E-state index in [9.17, 15) is 9.90 Å². The Hall–Kier alpha value is -0.370. The van der Waals surface area contributed by atoms with E-state index in [0.29, 0.717) is 30.1 Å². The lowest BCUT2D eigenvalue weighted by Crippen LogP contribution is -2.54. The molecule has 118 valence electrons. The van der Waals surface area contributed by atoms with Crippen LogP contribution in [0.15, 0.2) is 0 Å². The van der Waals surface area contributed by atoms with Gasteiger partial charge in [-0.2, -0.15) is 0 Å². The van der Waals surface area contributed by atoms with Crippen LogP contribution in [-0.2, 0) is 4.79 Å². The summed E-state index contributed by atoms with van der Waals surface area (Å²) in [6.45, 7) is 4.49. The van der Waals surface area contributed by atoms with Crippen molar-refractivity contribution >= 4 is 5.78 Å². The third-order valence-electron chi connectivity index (χ3n) is 7.99. The van der Waals surface area contributed by atoms with Crippen molar-refractivity contribution < 1.29 is 12.6 Å². The fraction of sp³-hybridized carbons (Fsp3) is 0.947. The first-order chi connectivity index (χ1) is 10.8. The summed E-state index contributed by atoms with van der Waals surface area (Å²) in [6, 6.07) is 0. The smallest absolute Gasteiger partial charge is 0.133 e. The Morgan fingerprint density at radius 3 is 2.67 bits per heavy atom. The molecule has 0 radical (unpaired) electrons. The maximum Gasteiger partial charge on any atom is 0.133 e. The molecule has 0 spiro atoms. The summed E-state index contributed by atoms with van der Waals surface area (Å²) in [5.41, 5.74) is -0.120. The van der Waals surface area contributed by atoms with Crippen LogP contribution >= 0.6 is 0 Å². The number of hydrogen-bond donors (Lipinski definition) is 1. The van der Waals surface area contributed by atoms with Gasteiger partial charge in [0.05, 0.1) is 6.10 Å². The largest absolute Gasteiger partial charge is 0.393 e. The molecule has 0 heterocycles. The Morgan fingerprint density at radius 1 is 1.10 bits per heavy atom. The number of aliphatic hydroxyl groups excluding tert-OH is 1. The number of Topliss-reactive ketones (excluding diaryl/α,β-unsaturated/α-hetero) is 1. The standard InChI is InChI=1S/C19H30O2/c1-18-9-7-13(20)11-12(18)3-4-14-15-5-6-17(21)19(15,2)10-8-16(14)18/h12,14-17,21H,3-11H2,1-2H3/t12-,14-,15-,16-,17-,18-,19-/m0/s1/i7T,9T/t7?,9?,12-,14-,15-,16-,17-,18-,19-. The lowest BCUT2D eigenvalue weighted by atomic mass is 9.45. The summed E-state index contributed by atoms with van der Waals surface area (Å²) in [5.74, 6) is 1.91. The molecule has 0 aliphatic heterocycles. The number of fused-ring (bicyclic) bond motifs is 5. The Balaban J connectivity index is 1.69. The molecular weight excluding hydrogens is 260 g/mol. The Labute approximate surface area is 131 Å². The Bertz CT molecular complexity index is 519. The van der Waals surface area contributed by atoms with E-state index in [2.05, 4.69) is 13.8 Å². The van der Waals surface area contributed by atoms with E-state index < -0.39 is 12.8 Å². The van der Waals surface area contributed by atoms with Crippen molar-refractivity contribution in [1.82, 2.24) is 0 Å². The molecule has 9 atom stereocenters. The molecule has 21 heavy (non-hydrogen) atoms. The minimum Gasteiger partial charge on any atom is -0.393 e. The van der Waals surface area contributed by atoms with Crippen molar-refractivity contribution in [2.45, 2.75) is 77.7 Å². The molecule has 1 N–H and O–H groups in total. The van der Waals surface area contributed by atoms with Gasteiger partial charge in [-0.1, -0.05) is 13.8 Å². The summed E-state index contributed by atoms with van der Waals surface area (Å²) in [6.07, 6.45) is 5.28. The number of carbonyl (C=O) groups excluding carboxylic acids is 1.